The van der Waals surface area contributed by atoms with Crippen LogP contribution < -0.4 is 10.1 Å². The van der Waals surface area contributed by atoms with E-state index < -0.39 is 0 Å². The molecule has 0 bridgehead atoms. The average Bonchev–Trinajstić information content (AvgIpc) is 2.34. The van der Waals surface area contributed by atoms with Crippen molar-refractivity contribution in [3.63, 3.8) is 0 Å². The fourth-order valence-corrected chi connectivity index (χ4v) is 1.34. The average molecular weight is 237 g/mol. The second-order valence-electron chi connectivity index (χ2n) is 3.84. The minimum absolute atomic E-state index is 0.0222. The molecular formula is C13H19NO3. The molecule has 0 unspecified atom stereocenters. The van der Waals surface area contributed by atoms with Crippen LogP contribution in [0.4, 0.5) is 0 Å². The summed E-state index contributed by atoms with van der Waals surface area (Å²) in [5, 5.41) is 11.1. The lowest BCUT2D eigenvalue weighted by Crippen LogP contribution is -2.26. The quantitative estimate of drug-likeness (QED) is 0.702. The lowest BCUT2D eigenvalue weighted by Gasteiger charge is -2.06. The van der Waals surface area contributed by atoms with E-state index in [1.807, 2.05) is 31.2 Å². The van der Waals surface area contributed by atoms with Crippen molar-refractivity contribution in [3.05, 3.63) is 29.8 Å². The Morgan fingerprint density at radius 1 is 1.35 bits per heavy atom. The molecular weight excluding hydrogens is 218 g/mol. The largest absolute Gasteiger partial charge is 0.494 e. The predicted molar refractivity (Wildman–Crippen MR) is 66.0 cm³/mol. The third kappa shape index (κ3) is 5.92. The van der Waals surface area contributed by atoms with Crippen LogP contribution in [0.1, 0.15) is 18.4 Å². The van der Waals surface area contributed by atoms with Gasteiger partial charge in [-0.05, 0) is 25.5 Å². The molecule has 1 aromatic rings. The number of ether oxygens (including phenoxy) is 1. The second-order valence-corrected chi connectivity index (χ2v) is 3.84. The summed E-state index contributed by atoms with van der Waals surface area (Å²) in [6.07, 6.45) is 1.09. The van der Waals surface area contributed by atoms with Gasteiger partial charge in [-0.2, -0.15) is 0 Å². The highest BCUT2D eigenvalue weighted by molar-refractivity contribution is 5.75. The van der Waals surface area contributed by atoms with Crippen LogP contribution in [0.2, 0.25) is 0 Å². The van der Waals surface area contributed by atoms with Crippen LogP contribution in [-0.2, 0) is 4.79 Å². The second kappa shape index (κ2) is 7.68. The summed E-state index contributed by atoms with van der Waals surface area (Å²) >= 11 is 0. The first-order chi connectivity index (χ1) is 8.22. The number of benzene rings is 1. The van der Waals surface area contributed by atoms with Crippen LogP contribution in [0, 0.1) is 6.92 Å². The van der Waals surface area contributed by atoms with Gasteiger partial charge in [0.1, 0.15) is 5.75 Å². The van der Waals surface area contributed by atoms with Crippen LogP contribution in [0.5, 0.6) is 5.75 Å². The smallest absolute Gasteiger partial charge is 0.220 e. The number of carbonyl (C=O) groups is 1. The molecule has 94 valence electrons. The number of rotatable bonds is 7. The van der Waals surface area contributed by atoms with Gasteiger partial charge in [0, 0.05) is 13.0 Å². The Labute approximate surface area is 102 Å². The van der Waals surface area contributed by atoms with E-state index in [1.165, 1.54) is 5.56 Å². The summed E-state index contributed by atoms with van der Waals surface area (Å²) in [5.74, 6) is 0.776. The van der Waals surface area contributed by atoms with Gasteiger partial charge < -0.3 is 15.2 Å². The Kier molecular flexibility index (Phi) is 6.10. The number of aryl methyl sites for hydroxylation is 1. The maximum absolute atomic E-state index is 11.2. The highest BCUT2D eigenvalue weighted by Crippen LogP contribution is 2.11. The normalized spacial score (nSPS) is 10.0. The summed E-state index contributed by atoms with van der Waals surface area (Å²) in [6.45, 7) is 2.84. The van der Waals surface area contributed by atoms with Crippen molar-refractivity contribution >= 4 is 5.91 Å². The molecule has 1 aromatic carbocycles. The third-order valence-corrected chi connectivity index (χ3v) is 2.27. The lowest BCUT2D eigenvalue weighted by molar-refractivity contribution is -0.121. The van der Waals surface area contributed by atoms with E-state index in [1.54, 1.807) is 0 Å². The van der Waals surface area contributed by atoms with Crippen molar-refractivity contribution < 1.29 is 14.6 Å². The van der Waals surface area contributed by atoms with Crippen molar-refractivity contribution in [2.45, 2.75) is 19.8 Å². The molecule has 0 saturated carbocycles. The Bertz CT molecular complexity index is 335. The zero-order valence-electron chi connectivity index (χ0n) is 10.1. The van der Waals surface area contributed by atoms with Crippen LogP contribution in [0.15, 0.2) is 24.3 Å². The molecule has 0 aromatic heterocycles. The Morgan fingerprint density at radius 3 is 2.71 bits per heavy atom. The molecule has 0 radical (unpaired) electrons. The van der Waals surface area contributed by atoms with E-state index in [-0.39, 0.29) is 12.5 Å². The zero-order chi connectivity index (χ0) is 12.5. The van der Waals surface area contributed by atoms with E-state index in [4.69, 9.17) is 9.84 Å². The molecule has 0 heterocycles. The molecule has 0 fully saturated rings. The minimum atomic E-state index is -0.0495. The summed E-state index contributed by atoms with van der Waals surface area (Å²) < 4.78 is 5.49. The van der Waals surface area contributed by atoms with Gasteiger partial charge in [0.05, 0.1) is 13.2 Å². The Hall–Kier alpha value is -1.55. The minimum Gasteiger partial charge on any atom is -0.494 e. The van der Waals surface area contributed by atoms with Gasteiger partial charge in [0.15, 0.2) is 0 Å². The molecule has 4 heteroatoms. The number of hydrogen-bond donors (Lipinski definition) is 2. The highest BCUT2D eigenvalue weighted by Gasteiger charge is 2.00. The molecule has 0 aliphatic heterocycles. The number of aliphatic hydroxyl groups excluding tert-OH is 1. The number of aliphatic hydroxyl groups is 1. The van der Waals surface area contributed by atoms with Crippen molar-refractivity contribution in [2.75, 3.05) is 19.8 Å². The molecule has 0 spiro atoms. The van der Waals surface area contributed by atoms with Crippen molar-refractivity contribution in [1.82, 2.24) is 5.32 Å². The van der Waals surface area contributed by atoms with Gasteiger partial charge in [-0.1, -0.05) is 17.7 Å². The molecule has 0 atom stereocenters. The first-order valence-electron chi connectivity index (χ1n) is 5.79. The van der Waals surface area contributed by atoms with Gasteiger partial charge >= 0.3 is 0 Å². The Morgan fingerprint density at radius 2 is 2.06 bits per heavy atom. The molecule has 17 heavy (non-hydrogen) atoms. The highest BCUT2D eigenvalue weighted by atomic mass is 16.5. The number of hydrogen-bond acceptors (Lipinski definition) is 3. The molecule has 1 amide bonds. The van der Waals surface area contributed by atoms with Crippen molar-refractivity contribution in [3.8, 4) is 5.75 Å². The van der Waals surface area contributed by atoms with Crippen molar-refractivity contribution in [2.24, 2.45) is 0 Å². The summed E-state index contributed by atoms with van der Waals surface area (Å²) in [5.41, 5.74) is 1.20. The van der Waals surface area contributed by atoms with Gasteiger partial charge in [-0.25, -0.2) is 0 Å². The number of nitrogens with one attached hydrogen (secondary N) is 1. The van der Waals surface area contributed by atoms with Crippen LogP contribution in [-0.4, -0.2) is 30.8 Å². The van der Waals surface area contributed by atoms with Gasteiger partial charge in [-0.15, -0.1) is 0 Å². The van der Waals surface area contributed by atoms with Gasteiger partial charge in [0.25, 0.3) is 0 Å². The van der Waals surface area contributed by atoms with Crippen molar-refractivity contribution in [1.29, 1.82) is 0 Å². The van der Waals surface area contributed by atoms with E-state index >= 15 is 0 Å². The SMILES string of the molecule is Cc1ccc(OCCCC(=O)NCCO)cc1. The maximum Gasteiger partial charge on any atom is 0.220 e. The number of amides is 1. The summed E-state index contributed by atoms with van der Waals surface area (Å²) in [7, 11) is 0. The fraction of sp³-hybridized carbons (Fsp3) is 0.462. The van der Waals surface area contributed by atoms with Gasteiger partial charge in [0.2, 0.25) is 5.91 Å². The van der Waals surface area contributed by atoms with E-state index in [2.05, 4.69) is 5.32 Å². The molecule has 2 N–H and O–H groups in total. The van der Waals surface area contributed by atoms with Crippen LogP contribution >= 0.6 is 0 Å². The lowest BCUT2D eigenvalue weighted by atomic mass is 10.2. The summed E-state index contributed by atoms with van der Waals surface area (Å²) in [4.78, 5) is 11.2. The molecule has 4 nitrogen and oxygen atoms in total. The Balaban J connectivity index is 2.11. The van der Waals surface area contributed by atoms with E-state index in [9.17, 15) is 4.79 Å². The standard InChI is InChI=1S/C13H19NO3/c1-11-4-6-12(7-5-11)17-10-2-3-13(16)14-8-9-15/h4-7,15H,2-3,8-10H2,1H3,(H,14,16). The first-order valence-corrected chi connectivity index (χ1v) is 5.79. The summed E-state index contributed by atoms with van der Waals surface area (Å²) in [6, 6.07) is 7.81. The topological polar surface area (TPSA) is 58.6 Å². The third-order valence-electron chi connectivity index (χ3n) is 2.27. The van der Waals surface area contributed by atoms with E-state index in [0.717, 1.165) is 5.75 Å². The van der Waals surface area contributed by atoms with E-state index in [0.29, 0.717) is 26.0 Å². The number of carbonyl (C=O) groups excluding carboxylic acids is 1. The monoisotopic (exact) mass is 237 g/mol. The fourth-order valence-electron chi connectivity index (χ4n) is 1.34. The van der Waals surface area contributed by atoms with Crippen LogP contribution in [0.3, 0.4) is 0 Å². The van der Waals surface area contributed by atoms with Gasteiger partial charge in [-0.3, -0.25) is 4.79 Å². The predicted octanol–water partition coefficient (Wildman–Crippen LogP) is 1.26. The van der Waals surface area contributed by atoms with Crippen LogP contribution in [0.25, 0.3) is 0 Å². The molecule has 0 aliphatic carbocycles. The first kappa shape index (κ1) is 13.5. The molecule has 1 rings (SSSR count). The maximum atomic E-state index is 11.2. The zero-order valence-corrected chi connectivity index (χ0v) is 10.1. The molecule has 0 saturated heterocycles. The molecule has 0 aliphatic rings.